The third-order valence-corrected chi connectivity index (χ3v) is 2.86. The Morgan fingerprint density at radius 3 is 2.48 bits per heavy atom. The molecule has 0 unspecified atom stereocenters. The minimum atomic E-state index is -1.13. The van der Waals surface area contributed by atoms with Gasteiger partial charge in [-0.3, -0.25) is 4.79 Å². The monoisotopic (exact) mass is 289 g/mol. The summed E-state index contributed by atoms with van der Waals surface area (Å²) in [6.45, 7) is 0.155. The Labute approximate surface area is 121 Å². The molecule has 2 N–H and O–H groups in total. The maximum absolute atomic E-state index is 11.8. The first-order valence-electron chi connectivity index (χ1n) is 6.30. The van der Waals surface area contributed by atoms with Crippen molar-refractivity contribution >= 4 is 11.9 Å². The van der Waals surface area contributed by atoms with Gasteiger partial charge in [0.15, 0.2) is 0 Å². The third kappa shape index (κ3) is 4.10. The zero-order valence-electron chi connectivity index (χ0n) is 11.5. The largest absolute Gasteiger partial charge is 0.497 e. The summed E-state index contributed by atoms with van der Waals surface area (Å²) in [5.41, 5.74) is 0.860. The van der Waals surface area contributed by atoms with Crippen LogP contribution in [0.15, 0.2) is 40.8 Å². The highest BCUT2D eigenvalue weighted by molar-refractivity contribution is 5.84. The van der Waals surface area contributed by atoms with Crippen molar-refractivity contribution in [1.82, 2.24) is 5.32 Å². The van der Waals surface area contributed by atoms with Gasteiger partial charge in [0, 0.05) is 0 Å². The standard InChI is InChI=1S/C15H15NO5/c1-20-11-4-2-10(3-5-11)8-14(17)16-9-12-6-7-13(21-12)15(18)19/h2-7H,8-9H2,1H3,(H,16,17)(H,18,19). The van der Waals surface area contributed by atoms with Crippen molar-refractivity contribution in [3.63, 3.8) is 0 Å². The first-order valence-corrected chi connectivity index (χ1v) is 6.30. The van der Waals surface area contributed by atoms with Crippen molar-refractivity contribution in [3.8, 4) is 5.75 Å². The maximum Gasteiger partial charge on any atom is 0.371 e. The van der Waals surface area contributed by atoms with Crippen molar-refractivity contribution in [3.05, 3.63) is 53.5 Å². The number of carbonyl (C=O) groups is 2. The Hall–Kier alpha value is -2.76. The molecular weight excluding hydrogens is 274 g/mol. The fourth-order valence-electron chi connectivity index (χ4n) is 1.76. The lowest BCUT2D eigenvalue weighted by atomic mass is 10.1. The molecule has 0 spiro atoms. The molecule has 0 aliphatic carbocycles. The van der Waals surface area contributed by atoms with Crippen LogP contribution in [0.25, 0.3) is 0 Å². The number of furan rings is 1. The Balaban J connectivity index is 1.84. The number of carboxylic acids is 1. The summed E-state index contributed by atoms with van der Waals surface area (Å²) >= 11 is 0. The lowest BCUT2D eigenvalue weighted by Crippen LogP contribution is -2.24. The molecule has 6 nitrogen and oxygen atoms in total. The van der Waals surface area contributed by atoms with Gasteiger partial charge in [0.05, 0.1) is 20.1 Å². The van der Waals surface area contributed by atoms with Crippen molar-refractivity contribution < 1.29 is 23.8 Å². The van der Waals surface area contributed by atoms with Crippen LogP contribution < -0.4 is 10.1 Å². The van der Waals surface area contributed by atoms with Gasteiger partial charge in [-0.25, -0.2) is 4.79 Å². The van der Waals surface area contributed by atoms with E-state index in [0.717, 1.165) is 11.3 Å². The number of amides is 1. The van der Waals surface area contributed by atoms with Crippen LogP contribution in [0.1, 0.15) is 21.9 Å². The van der Waals surface area contributed by atoms with Crippen LogP contribution in [0.2, 0.25) is 0 Å². The average Bonchev–Trinajstić information content (AvgIpc) is 2.95. The molecule has 1 heterocycles. The minimum Gasteiger partial charge on any atom is -0.497 e. The molecular formula is C15H15NO5. The molecule has 0 fully saturated rings. The number of methoxy groups -OCH3 is 1. The summed E-state index contributed by atoms with van der Waals surface area (Å²) in [5.74, 6) is -0.319. The number of benzene rings is 1. The number of hydrogen-bond donors (Lipinski definition) is 2. The molecule has 0 bridgehead atoms. The van der Waals surface area contributed by atoms with E-state index in [2.05, 4.69) is 5.32 Å². The van der Waals surface area contributed by atoms with Gasteiger partial charge in [0.1, 0.15) is 11.5 Å². The second-order valence-electron chi connectivity index (χ2n) is 4.37. The fourth-order valence-corrected chi connectivity index (χ4v) is 1.76. The zero-order chi connectivity index (χ0) is 15.2. The van der Waals surface area contributed by atoms with Gasteiger partial charge in [0.2, 0.25) is 11.7 Å². The Morgan fingerprint density at radius 2 is 1.90 bits per heavy atom. The number of carboxylic acid groups (broad SMARTS) is 1. The predicted molar refractivity (Wildman–Crippen MR) is 74.2 cm³/mol. The number of rotatable bonds is 6. The average molecular weight is 289 g/mol. The van der Waals surface area contributed by atoms with Crippen molar-refractivity contribution in [2.75, 3.05) is 7.11 Å². The van der Waals surface area contributed by atoms with E-state index >= 15 is 0 Å². The van der Waals surface area contributed by atoms with E-state index in [1.54, 1.807) is 19.2 Å². The summed E-state index contributed by atoms with van der Waals surface area (Å²) < 4.78 is 10.1. The van der Waals surface area contributed by atoms with Gasteiger partial charge in [0.25, 0.3) is 0 Å². The molecule has 21 heavy (non-hydrogen) atoms. The molecule has 0 saturated carbocycles. The van der Waals surface area contributed by atoms with Gasteiger partial charge in [-0.05, 0) is 29.8 Å². The summed E-state index contributed by atoms with van der Waals surface area (Å²) in [6, 6.07) is 10.1. The Bertz CT molecular complexity index is 630. The molecule has 1 aromatic carbocycles. The van der Waals surface area contributed by atoms with Crippen LogP contribution >= 0.6 is 0 Å². The molecule has 1 aromatic heterocycles. The highest BCUT2D eigenvalue weighted by Crippen LogP contribution is 2.12. The number of nitrogens with one attached hydrogen (secondary N) is 1. The van der Waals surface area contributed by atoms with Crippen molar-refractivity contribution in [1.29, 1.82) is 0 Å². The molecule has 110 valence electrons. The second-order valence-corrected chi connectivity index (χ2v) is 4.37. The van der Waals surface area contributed by atoms with Gasteiger partial charge in [-0.2, -0.15) is 0 Å². The lowest BCUT2D eigenvalue weighted by Gasteiger charge is -2.04. The van der Waals surface area contributed by atoms with E-state index in [1.165, 1.54) is 12.1 Å². The van der Waals surface area contributed by atoms with Crippen molar-refractivity contribution in [2.24, 2.45) is 0 Å². The molecule has 1 amide bonds. The predicted octanol–water partition coefficient (Wildman–Crippen LogP) is 1.85. The number of carbonyl (C=O) groups excluding carboxylic acids is 1. The van der Waals surface area contributed by atoms with Gasteiger partial charge in [-0.1, -0.05) is 12.1 Å². The maximum atomic E-state index is 11.8. The Kier molecular flexibility index (Phi) is 4.61. The number of aromatic carboxylic acids is 1. The van der Waals surface area contributed by atoms with E-state index in [0.29, 0.717) is 5.76 Å². The van der Waals surface area contributed by atoms with Gasteiger partial charge >= 0.3 is 5.97 Å². The smallest absolute Gasteiger partial charge is 0.371 e. The molecule has 0 saturated heterocycles. The summed E-state index contributed by atoms with van der Waals surface area (Å²) in [5, 5.41) is 11.4. The van der Waals surface area contributed by atoms with Crippen LogP contribution in [0.3, 0.4) is 0 Å². The molecule has 2 rings (SSSR count). The normalized spacial score (nSPS) is 10.1. The first-order chi connectivity index (χ1) is 10.1. The fraction of sp³-hybridized carbons (Fsp3) is 0.200. The minimum absolute atomic E-state index is 0.144. The lowest BCUT2D eigenvalue weighted by molar-refractivity contribution is -0.120. The molecule has 0 aliphatic rings. The Morgan fingerprint density at radius 1 is 1.19 bits per heavy atom. The number of ether oxygens (including phenoxy) is 1. The van der Waals surface area contributed by atoms with Gasteiger partial charge in [-0.15, -0.1) is 0 Å². The zero-order valence-corrected chi connectivity index (χ0v) is 11.5. The third-order valence-electron chi connectivity index (χ3n) is 2.86. The highest BCUT2D eigenvalue weighted by Gasteiger charge is 2.10. The van der Waals surface area contributed by atoms with Crippen LogP contribution in [-0.4, -0.2) is 24.1 Å². The summed E-state index contributed by atoms with van der Waals surface area (Å²) in [6.07, 6.45) is 0.233. The molecule has 6 heteroatoms. The molecule has 0 radical (unpaired) electrons. The molecule has 2 aromatic rings. The first kappa shape index (κ1) is 14.6. The van der Waals surface area contributed by atoms with Crippen LogP contribution in [-0.2, 0) is 17.8 Å². The van der Waals surface area contributed by atoms with Gasteiger partial charge < -0.3 is 19.6 Å². The SMILES string of the molecule is COc1ccc(CC(=O)NCc2ccc(C(=O)O)o2)cc1. The molecule has 0 aliphatic heterocycles. The van der Waals surface area contributed by atoms with E-state index in [9.17, 15) is 9.59 Å². The quantitative estimate of drug-likeness (QED) is 0.847. The van der Waals surface area contributed by atoms with Crippen LogP contribution in [0, 0.1) is 0 Å². The van der Waals surface area contributed by atoms with E-state index in [4.69, 9.17) is 14.3 Å². The van der Waals surface area contributed by atoms with E-state index in [-0.39, 0.29) is 24.6 Å². The topological polar surface area (TPSA) is 88.8 Å². The summed E-state index contributed by atoms with van der Waals surface area (Å²) in [4.78, 5) is 22.4. The van der Waals surface area contributed by atoms with Crippen LogP contribution in [0.5, 0.6) is 5.75 Å². The molecule has 0 atom stereocenters. The van der Waals surface area contributed by atoms with Crippen molar-refractivity contribution in [2.45, 2.75) is 13.0 Å². The van der Waals surface area contributed by atoms with E-state index in [1.807, 2.05) is 12.1 Å². The highest BCUT2D eigenvalue weighted by atomic mass is 16.5. The summed E-state index contributed by atoms with van der Waals surface area (Å²) in [7, 11) is 1.58. The van der Waals surface area contributed by atoms with Crippen LogP contribution in [0.4, 0.5) is 0 Å². The number of hydrogen-bond acceptors (Lipinski definition) is 4. The van der Waals surface area contributed by atoms with E-state index < -0.39 is 5.97 Å². The second kappa shape index (κ2) is 6.60.